The molecule has 0 heteroatoms. The van der Waals surface area contributed by atoms with E-state index in [-0.39, 0.29) is 12.8 Å². The molecule has 0 aliphatic heterocycles. The Labute approximate surface area is 195 Å². The van der Waals surface area contributed by atoms with Gasteiger partial charge in [0.15, 0.2) is 0 Å². The van der Waals surface area contributed by atoms with Crippen LogP contribution in [0.25, 0.3) is 0 Å². The third kappa shape index (κ3) is 5.85. The highest BCUT2D eigenvalue weighted by Gasteiger charge is 2.48. The number of hydrogen-bond donors (Lipinski definition) is 0. The van der Waals surface area contributed by atoms with Crippen LogP contribution in [0, 0.1) is 28.6 Å². The maximum absolute atomic E-state index is 4.44. The first kappa shape index (κ1) is 26.2. The van der Waals surface area contributed by atoms with Gasteiger partial charge in [0.05, 0.1) is 0 Å². The summed E-state index contributed by atoms with van der Waals surface area (Å²) < 4.78 is 0. The van der Waals surface area contributed by atoms with Crippen molar-refractivity contribution in [2.24, 2.45) is 28.6 Å². The molecule has 0 aromatic rings. The monoisotopic (exact) mass is 424 g/mol. The van der Waals surface area contributed by atoms with Crippen LogP contribution in [-0.4, -0.2) is 0 Å². The molecule has 3 aliphatic carbocycles. The van der Waals surface area contributed by atoms with Gasteiger partial charge >= 0.3 is 0 Å². The van der Waals surface area contributed by atoms with Gasteiger partial charge in [0.25, 0.3) is 0 Å². The van der Waals surface area contributed by atoms with E-state index in [0.717, 1.165) is 30.6 Å². The Morgan fingerprint density at radius 1 is 1.10 bits per heavy atom. The van der Waals surface area contributed by atoms with E-state index in [9.17, 15) is 0 Å². The molecule has 0 radical (unpaired) electrons. The summed E-state index contributed by atoms with van der Waals surface area (Å²) in [7, 11) is 0. The van der Waals surface area contributed by atoms with Gasteiger partial charge in [0, 0.05) is 0 Å². The zero-order valence-corrected chi connectivity index (χ0v) is 20.8. The van der Waals surface area contributed by atoms with E-state index in [1.807, 2.05) is 0 Å². The van der Waals surface area contributed by atoms with Crippen molar-refractivity contribution in [3.8, 4) is 0 Å². The highest BCUT2D eigenvalue weighted by Crippen LogP contribution is 2.58. The number of fused-ring (bicyclic) bond motifs is 1. The Bertz CT molecular complexity index is 702. The molecule has 0 nitrogen and oxygen atoms in total. The highest BCUT2D eigenvalue weighted by atomic mass is 14.5. The highest BCUT2D eigenvalue weighted by molar-refractivity contribution is 5.38. The molecule has 0 bridgehead atoms. The van der Waals surface area contributed by atoms with E-state index in [2.05, 4.69) is 59.9 Å². The van der Waals surface area contributed by atoms with E-state index < -0.39 is 0 Å². The second-order valence-electron chi connectivity index (χ2n) is 11.9. The average molecular weight is 425 g/mol. The van der Waals surface area contributed by atoms with Crippen LogP contribution >= 0.6 is 0 Å². The Morgan fingerprint density at radius 2 is 1.84 bits per heavy atom. The van der Waals surface area contributed by atoms with Crippen molar-refractivity contribution < 1.29 is 0 Å². The number of allylic oxidation sites excluding steroid dienone is 6. The molecular formula is C31H52. The van der Waals surface area contributed by atoms with E-state index in [0.29, 0.717) is 5.41 Å². The molecular weight excluding hydrogens is 372 g/mol. The number of rotatable bonds is 7. The summed E-state index contributed by atoms with van der Waals surface area (Å²) in [5.74, 6) is 2.64. The van der Waals surface area contributed by atoms with Crippen molar-refractivity contribution >= 4 is 0 Å². The van der Waals surface area contributed by atoms with Gasteiger partial charge < -0.3 is 0 Å². The maximum Gasteiger partial charge on any atom is -0.00784 e. The van der Waals surface area contributed by atoms with Gasteiger partial charge in [-0.1, -0.05) is 96.4 Å². The van der Waals surface area contributed by atoms with Crippen LogP contribution in [0.1, 0.15) is 119 Å². The fraction of sp³-hybridized carbons (Fsp3) is 0.742. The predicted octanol–water partition coefficient (Wildman–Crippen LogP) is 10.2. The number of hydrogen-bond acceptors (Lipinski definition) is 0. The molecule has 0 aromatic heterocycles. The first-order valence-corrected chi connectivity index (χ1v) is 12.9. The zero-order chi connectivity index (χ0) is 21.9. The second-order valence-corrected chi connectivity index (χ2v) is 11.9. The Hall–Kier alpha value is -1.04. The van der Waals surface area contributed by atoms with E-state index >= 15 is 0 Å². The van der Waals surface area contributed by atoms with Crippen molar-refractivity contribution in [2.75, 3.05) is 0 Å². The summed E-state index contributed by atoms with van der Waals surface area (Å²) in [6.45, 7) is 20.6. The molecule has 4 unspecified atom stereocenters. The third-order valence-corrected chi connectivity index (χ3v) is 9.28. The van der Waals surface area contributed by atoms with E-state index in [4.69, 9.17) is 0 Å². The van der Waals surface area contributed by atoms with Gasteiger partial charge in [-0.2, -0.15) is 0 Å². The molecule has 0 amide bonds. The van der Waals surface area contributed by atoms with Crippen LogP contribution in [0.4, 0.5) is 0 Å². The molecule has 0 aromatic carbocycles. The molecule has 3 saturated carbocycles. The molecule has 3 aliphatic rings. The second kappa shape index (κ2) is 10.7. The lowest BCUT2D eigenvalue weighted by Gasteiger charge is -2.42. The Kier molecular flexibility index (Phi) is 9.06. The molecule has 0 heterocycles. The lowest BCUT2D eigenvalue weighted by molar-refractivity contribution is 0.127. The molecule has 31 heavy (non-hydrogen) atoms. The fourth-order valence-electron chi connectivity index (χ4n) is 6.80. The van der Waals surface area contributed by atoms with Crippen LogP contribution in [0.5, 0.6) is 0 Å². The van der Waals surface area contributed by atoms with Gasteiger partial charge in [-0.3, -0.25) is 0 Å². The lowest BCUT2D eigenvalue weighted by atomic mass is 9.62. The predicted molar refractivity (Wildman–Crippen MR) is 140 cm³/mol. The van der Waals surface area contributed by atoms with Gasteiger partial charge in [0.1, 0.15) is 0 Å². The molecule has 3 fully saturated rings. The first-order chi connectivity index (χ1) is 14.2. The fourth-order valence-corrected chi connectivity index (χ4v) is 6.80. The molecule has 3 rings (SSSR count). The maximum atomic E-state index is 4.44. The third-order valence-electron chi connectivity index (χ3n) is 9.28. The van der Waals surface area contributed by atoms with Gasteiger partial charge in [-0.05, 0) is 98.9 Å². The van der Waals surface area contributed by atoms with Gasteiger partial charge in [-0.15, -0.1) is 0 Å². The van der Waals surface area contributed by atoms with E-state index in [1.165, 1.54) is 80.9 Å². The molecule has 4 atom stereocenters. The number of unbranched alkanes of at least 4 members (excludes halogenated alkanes) is 1. The standard InChI is InChI=1S/C30H48.CH4/c1-22(2)11-8-9-13-27-16-17-28-26(12-10-19-30(27,28)7)15-14-25-18-20-29(6,23(3)4)21-24(25)5;/h14-15,22,27-28H,3,5,8-13,16-21H2,1-2,4,6-7H3;1H4/b25-14+,26-15+;. The summed E-state index contributed by atoms with van der Waals surface area (Å²) in [5, 5.41) is 0. The van der Waals surface area contributed by atoms with Crippen molar-refractivity contribution in [3.05, 3.63) is 47.6 Å². The topological polar surface area (TPSA) is 0 Å². The SMILES string of the molecule is C.C=C1CC(C)(C(=C)C)CC/C1=C\C=C1/CCCC2(C)C(CCCCC(C)C)CCC12. The normalized spacial score (nSPS) is 36.0. The summed E-state index contributed by atoms with van der Waals surface area (Å²) in [5.41, 5.74) is 6.71. The van der Waals surface area contributed by atoms with Gasteiger partial charge in [0.2, 0.25) is 0 Å². The molecule has 0 N–H and O–H groups in total. The van der Waals surface area contributed by atoms with Crippen LogP contribution in [0.2, 0.25) is 0 Å². The van der Waals surface area contributed by atoms with Gasteiger partial charge in [-0.25, -0.2) is 0 Å². The van der Waals surface area contributed by atoms with Crippen LogP contribution in [0.3, 0.4) is 0 Å². The van der Waals surface area contributed by atoms with Crippen molar-refractivity contribution in [1.29, 1.82) is 0 Å². The molecule has 176 valence electrons. The first-order valence-electron chi connectivity index (χ1n) is 12.9. The Morgan fingerprint density at radius 3 is 2.48 bits per heavy atom. The smallest absolute Gasteiger partial charge is 0.00784 e. The molecule has 0 spiro atoms. The van der Waals surface area contributed by atoms with Crippen molar-refractivity contribution in [3.63, 3.8) is 0 Å². The summed E-state index contributed by atoms with van der Waals surface area (Å²) in [4.78, 5) is 0. The summed E-state index contributed by atoms with van der Waals surface area (Å²) in [6, 6.07) is 0. The summed E-state index contributed by atoms with van der Waals surface area (Å²) >= 11 is 0. The largest absolute Gasteiger partial charge is 0.0996 e. The minimum atomic E-state index is 0. The van der Waals surface area contributed by atoms with Crippen LogP contribution < -0.4 is 0 Å². The molecule has 0 saturated heterocycles. The minimum Gasteiger partial charge on any atom is -0.0996 e. The van der Waals surface area contributed by atoms with Crippen molar-refractivity contribution in [2.45, 2.75) is 119 Å². The van der Waals surface area contributed by atoms with Crippen molar-refractivity contribution in [1.82, 2.24) is 0 Å². The minimum absolute atomic E-state index is 0. The quantitative estimate of drug-likeness (QED) is 0.281. The zero-order valence-electron chi connectivity index (χ0n) is 20.8. The lowest BCUT2D eigenvalue weighted by Crippen LogP contribution is -2.33. The van der Waals surface area contributed by atoms with Crippen LogP contribution in [0.15, 0.2) is 47.6 Å². The van der Waals surface area contributed by atoms with Crippen LogP contribution in [-0.2, 0) is 0 Å². The Balaban J connectivity index is 0.00000341. The van der Waals surface area contributed by atoms with E-state index in [1.54, 1.807) is 5.57 Å². The summed E-state index contributed by atoms with van der Waals surface area (Å²) in [6.07, 6.45) is 21.2. The average Bonchev–Trinajstić information content (AvgIpc) is 3.01.